The van der Waals surface area contributed by atoms with E-state index in [0.717, 1.165) is 6.08 Å². The molecular formula is C24H20ClNO5. The fourth-order valence-electron chi connectivity index (χ4n) is 3.10. The summed E-state index contributed by atoms with van der Waals surface area (Å²) in [6.07, 6.45) is 0.929. The summed E-state index contributed by atoms with van der Waals surface area (Å²) in [7, 11) is 2.98. The van der Waals surface area contributed by atoms with Crippen LogP contribution in [0.25, 0.3) is 16.8 Å². The van der Waals surface area contributed by atoms with Crippen LogP contribution in [0.1, 0.15) is 15.9 Å². The average Bonchev–Trinajstić information content (AvgIpc) is 2.78. The van der Waals surface area contributed by atoms with E-state index in [-0.39, 0.29) is 5.70 Å². The molecule has 7 heteroatoms. The molecule has 3 aromatic carbocycles. The van der Waals surface area contributed by atoms with Gasteiger partial charge in [0.25, 0.3) is 5.91 Å². The number of nitrogens with one attached hydrogen (secondary N) is 1. The van der Waals surface area contributed by atoms with E-state index in [1.165, 1.54) is 14.2 Å². The molecule has 158 valence electrons. The Hall–Kier alpha value is -3.77. The molecule has 1 amide bonds. The Morgan fingerprint density at radius 1 is 0.903 bits per heavy atom. The van der Waals surface area contributed by atoms with Gasteiger partial charge in [-0.3, -0.25) is 4.79 Å². The number of carboxylic acid groups (broad SMARTS) is 1. The lowest BCUT2D eigenvalue weighted by molar-refractivity contribution is -0.131. The minimum atomic E-state index is -1.21. The van der Waals surface area contributed by atoms with Gasteiger partial charge < -0.3 is 19.9 Å². The first-order valence-electron chi connectivity index (χ1n) is 9.27. The number of carboxylic acids is 1. The van der Waals surface area contributed by atoms with Crippen molar-refractivity contribution < 1.29 is 24.2 Å². The van der Waals surface area contributed by atoms with Gasteiger partial charge in [0.2, 0.25) is 0 Å². The highest BCUT2D eigenvalue weighted by atomic mass is 35.5. The number of halogens is 1. The second-order valence-corrected chi connectivity index (χ2v) is 6.86. The maximum Gasteiger partial charge on any atom is 0.330 e. The van der Waals surface area contributed by atoms with Gasteiger partial charge in [0.15, 0.2) is 11.5 Å². The molecule has 0 heterocycles. The molecule has 0 saturated heterocycles. The predicted molar refractivity (Wildman–Crippen MR) is 120 cm³/mol. The number of hydrogen-bond acceptors (Lipinski definition) is 4. The Kier molecular flexibility index (Phi) is 6.95. The zero-order valence-electron chi connectivity index (χ0n) is 16.9. The summed E-state index contributed by atoms with van der Waals surface area (Å²) in [4.78, 5) is 24.2. The monoisotopic (exact) mass is 437 g/mol. The average molecular weight is 438 g/mol. The number of benzene rings is 3. The SMILES string of the molecule is COc1cc(C(=CC(=O)O)NC(=O)c2ccccc2)cc(-c2ccccc2Cl)c1OC. The molecule has 0 aromatic heterocycles. The van der Waals surface area contributed by atoms with Crippen molar-refractivity contribution in [2.24, 2.45) is 0 Å². The summed E-state index contributed by atoms with van der Waals surface area (Å²) in [6, 6.07) is 19.0. The molecule has 0 unspecified atom stereocenters. The number of carbonyl (C=O) groups excluding carboxylic acids is 1. The topological polar surface area (TPSA) is 84.9 Å². The number of aliphatic carboxylic acids is 1. The van der Waals surface area contributed by atoms with E-state index < -0.39 is 11.9 Å². The van der Waals surface area contributed by atoms with Crippen LogP contribution in [0.3, 0.4) is 0 Å². The van der Waals surface area contributed by atoms with Crippen molar-refractivity contribution in [1.82, 2.24) is 5.32 Å². The molecule has 0 aliphatic carbocycles. The van der Waals surface area contributed by atoms with Crippen LogP contribution in [0.5, 0.6) is 11.5 Å². The lowest BCUT2D eigenvalue weighted by Crippen LogP contribution is -2.22. The number of rotatable bonds is 7. The molecule has 0 aliphatic rings. The Morgan fingerprint density at radius 3 is 2.19 bits per heavy atom. The number of hydrogen-bond donors (Lipinski definition) is 2. The molecule has 0 atom stereocenters. The number of carbonyl (C=O) groups is 2. The van der Waals surface area contributed by atoms with Crippen LogP contribution in [0.15, 0.2) is 72.8 Å². The van der Waals surface area contributed by atoms with Crippen LogP contribution in [0, 0.1) is 0 Å². The fourth-order valence-corrected chi connectivity index (χ4v) is 3.34. The van der Waals surface area contributed by atoms with E-state index in [2.05, 4.69) is 5.32 Å². The Balaban J connectivity index is 2.15. The van der Waals surface area contributed by atoms with Gasteiger partial charge in [-0.05, 0) is 30.3 Å². The van der Waals surface area contributed by atoms with Crippen molar-refractivity contribution in [3.05, 3.63) is 89.0 Å². The fraction of sp³-hybridized carbons (Fsp3) is 0.0833. The van der Waals surface area contributed by atoms with Crippen molar-refractivity contribution in [2.75, 3.05) is 14.2 Å². The smallest absolute Gasteiger partial charge is 0.330 e. The molecule has 0 fully saturated rings. The lowest BCUT2D eigenvalue weighted by Gasteiger charge is -2.18. The van der Waals surface area contributed by atoms with Crippen LogP contribution < -0.4 is 14.8 Å². The van der Waals surface area contributed by atoms with Crippen LogP contribution in [0.2, 0.25) is 5.02 Å². The zero-order chi connectivity index (χ0) is 22.4. The van der Waals surface area contributed by atoms with Crippen molar-refractivity contribution in [3.63, 3.8) is 0 Å². The maximum absolute atomic E-state index is 12.7. The Bertz CT molecular complexity index is 1140. The summed E-state index contributed by atoms with van der Waals surface area (Å²) in [5.41, 5.74) is 2.17. The molecule has 0 saturated carbocycles. The van der Waals surface area contributed by atoms with Crippen LogP contribution in [0.4, 0.5) is 0 Å². The van der Waals surface area contributed by atoms with E-state index >= 15 is 0 Å². The van der Waals surface area contributed by atoms with Gasteiger partial charge >= 0.3 is 5.97 Å². The molecule has 3 rings (SSSR count). The lowest BCUT2D eigenvalue weighted by atomic mass is 9.99. The molecule has 31 heavy (non-hydrogen) atoms. The van der Waals surface area contributed by atoms with Gasteiger partial charge in [-0.1, -0.05) is 48.0 Å². The third kappa shape index (κ3) is 5.05. The molecular weight excluding hydrogens is 418 g/mol. The molecule has 0 bridgehead atoms. The summed E-state index contributed by atoms with van der Waals surface area (Å²) < 4.78 is 11.0. The largest absolute Gasteiger partial charge is 0.493 e. The standard InChI is InChI=1S/C24H20ClNO5/c1-30-21-13-16(12-18(23(21)31-2)17-10-6-7-11-19(17)25)20(14-22(27)28)26-24(29)15-8-4-3-5-9-15/h3-14H,1-2H3,(H,26,29)(H,27,28). The number of methoxy groups -OCH3 is 2. The van der Waals surface area contributed by atoms with Crippen LogP contribution >= 0.6 is 11.6 Å². The zero-order valence-corrected chi connectivity index (χ0v) is 17.6. The first-order chi connectivity index (χ1) is 14.9. The van der Waals surface area contributed by atoms with Gasteiger partial charge in [0, 0.05) is 33.4 Å². The van der Waals surface area contributed by atoms with E-state index in [9.17, 15) is 14.7 Å². The van der Waals surface area contributed by atoms with E-state index in [1.807, 2.05) is 12.1 Å². The summed E-state index contributed by atoms with van der Waals surface area (Å²) in [5.74, 6) is -0.858. The molecule has 0 radical (unpaired) electrons. The molecule has 3 aromatic rings. The van der Waals surface area contributed by atoms with E-state index in [1.54, 1.807) is 54.6 Å². The second-order valence-electron chi connectivity index (χ2n) is 6.46. The minimum Gasteiger partial charge on any atom is -0.493 e. The first kappa shape index (κ1) is 21.9. The van der Waals surface area contributed by atoms with Crippen molar-refractivity contribution in [1.29, 1.82) is 0 Å². The first-order valence-corrected chi connectivity index (χ1v) is 9.64. The van der Waals surface area contributed by atoms with Crippen molar-refractivity contribution >= 4 is 29.2 Å². The molecule has 0 spiro atoms. The third-order valence-corrected chi connectivity index (χ3v) is 4.84. The number of amides is 1. The van der Waals surface area contributed by atoms with Crippen molar-refractivity contribution in [2.45, 2.75) is 0 Å². The Labute approximate surface area is 184 Å². The highest BCUT2D eigenvalue weighted by molar-refractivity contribution is 6.33. The maximum atomic E-state index is 12.7. The van der Waals surface area contributed by atoms with Gasteiger partial charge in [-0.2, -0.15) is 0 Å². The number of ether oxygens (including phenoxy) is 2. The predicted octanol–water partition coefficient (Wildman–Crippen LogP) is 4.88. The quantitative estimate of drug-likeness (QED) is 0.514. The normalized spacial score (nSPS) is 11.0. The van der Waals surface area contributed by atoms with E-state index in [4.69, 9.17) is 21.1 Å². The van der Waals surface area contributed by atoms with Gasteiger partial charge in [0.1, 0.15) is 0 Å². The van der Waals surface area contributed by atoms with Crippen molar-refractivity contribution in [3.8, 4) is 22.6 Å². The van der Waals surface area contributed by atoms with Gasteiger partial charge in [-0.15, -0.1) is 0 Å². The molecule has 6 nitrogen and oxygen atoms in total. The molecule has 0 aliphatic heterocycles. The highest BCUT2D eigenvalue weighted by Gasteiger charge is 2.19. The Morgan fingerprint density at radius 2 is 1.58 bits per heavy atom. The van der Waals surface area contributed by atoms with Crippen LogP contribution in [-0.2, 0) is 4.79 Å². The van der Waals surface area contributed by atoms with Crippen LogP contribution in [-0.4, -0.2) is 31.2 Å². The minimum absolute atomic E-state index is 0.0932. The summed E-state index contributed by atoms with van der Waals surface area (Å²) in [6.45, 7) is 0. The second kappa shape index (κ2) is 9.82. The summed E-state index contributed by atoms with van der Waals surface area (Å²) >= 11 is 6.39. The van der Waals surface area contributed by atoms with E-state index in [0.29, 0.717) is 38.8 Å². The highest BCUT2D eigenvalue weighted by Crippen LogP contribution is 2.42. The molecule has 2 N–H and O–H groups in total. The third-order valence-electron chi connectivity index (χ3n) is 4.51. The summed E-state index contributed by atoms with van der Waals surface area (Å²) in [5, 5.41) is 12.5. The van der Waals surface area contributed by atoms with Gasteiger partial charge in [0.05, 0.1) is 19.9 Å². The van der Waals surface area contributed by atoms with Gasteiger partial charge in [-0.25, -0.2) is 4.79 Å².